The van der Waals surface area contributed by atoms with Gasteiger partial charge >= 0.3 is 6.09 Å². The molecule has 0 spiro atoms. The van der Waals surface area contributed by atoms with Crippen LogP contribution in [0, 0.1) is 5.82 Å². The number of amides is 1. The second-order valence-electron chi connectivity index (χ2n) is 5.80. The second kappa shape index (κ2) is 9.43. The molecule has 8 heteroatoms. The van der Waals surface area contributed by atoms with Crippen molar-refractivity contribution in [3.8, 4) is 11.5 Å². The normalized spacial score (nSPS) is 11.7. The number of rotatable bonds is 8. The number of ether oxygens (including phenoxy) is 2. The van der Waals surface area contributed by atoms with Gasteiger partial charge in [0.1, 0.15) is 23.9 Å². The van der Waals surface area contributed by atoms with Crippen LogP contribution in [0.5, 0.6) is 11.5 Å². The van der Waals surface area contributed by atoms with E-state index in [-0.39, 0.29) is 24.8 Å². The Morgan fingerprint density at radius 1 is 1.26 bits per heavy atom. The van der Waals surface area contributed by atoms with Crippen molar-refractivity contribution in [1.29, 1.82) is 0 Å². The molecule has 2 rings (SSSR count). The number of carbonyl (C=O) groups is 1. The molecule has 0 aliphatic heterocycles. The summed E-state index contributed by atoms with van der Waals surface area (Å²) in [6, 6.07) is 8.57. The maximum atomic E-state index is 13.9. The van der Waals surface area contributed by atoms with Crippen LogP contribution in [-0.2, 0) is 6.61 Å². The third-order valence-electron chi connectivity index (χ3n) is 4.14. The van der Waals surface area contributed by atoms with Crippen molar-refractivity contribution in [2.45, 2.75) is 19.6 Å². The monoisotopic (exact) mass is 397 g/mol. The van der Waals surface area contributed by atoms with Crippen molar-refractivity contribution in [2.24, 2.45) is 0 Å². The van der Waals surface area contributed by atoms with Crippen LogP contribution in [0.4, 0.5) is 9.18 Å². The zero-order valence-electron chi connectivity index (χ0n) is 15.0. The Hall–Kier alpha value is -2.51. The molecule has 0 aliphatic carbocycles. The molecular formula is C19H21ClFNO5. The van der Waals surface area contributed by atoms with Crippen molar-refractivity contribution < 1.29 is 28.9 Å². The molecule has 2 N–H and O–H groups in total. The lowest BCUT2D eigenvalue weighted by Crippen LogP contribution is -2.35. The Kier molecular flexibility index (Phi) is 7.27. The minimum Gasteiger partial charge on any atom is -0.497 e. The first-order valence-corrected chi connectivity index (χ1v) is 8.60. The van der Waals surface area contributed by atoms with Crippen molar-refractivity contribution in [1.82, 2.24) is 4.90 Å². The third-order valence-corrected chi connectivity index (χ3v) is 4.48. The fourth-order valence-corrected chi connectivity index (χ4v) is 2.97. The Morgan fingerprint density at radius 3 is 2.44 bits per heavy atom. The van der Waals surface area contributed by atoms with E-state index in [1.165, 1.54) is 6.07 Å². The smallest absolute Gasteiger partial charge is 0.407 e. The SMILES string of the molecule is COc1ccc(OCc2c(Cl)cc(F)cc2C(C)N(CCO)C(=O)O)cc1. The van der Waals surface area contributed by atoms with Gasteiger partial charge in [0.25, 0.3) is 0 Å². The molecule has 0 aliphatic rings. The number of nitrogens with zero attached hydrogens (tertiary/aromatic N) is 1. The summed E-state index contributed by atoms with van der Waals surface area (Å²) in [4.78, 5) is 12.5. The molecule has 0 aromatic heterocycles. The van der Waals surface area contributed by atoms with Crippen LogP contribution in [0.2, 0.25) is 5.02 Å². The molecule has 0 heterocycles. The van der Waals surface area contributed by atoms with Crippen LogP contribution in [0.25, 0.3) is 0 Å². The molecule has 0 saturated heterocycles. The molecule has 6 nitrogen and oxygen atoms in total. The summed E-state index contributed by atoms with van der Waals surface area (Å²) >= 11 is 6.20. The predicted octanol–water partition coefficient (Wildman–Crippen LogP) is 4.10. The number of benzene rings is 2. The van der Waals surface area contributed by atoms with Crippen LogP contribution in [-0.4, -0.2) is 41.5 Å². The second-order valence-corrected chi connectivity index (χ2v) is 6.20. The molecule has 0 bridgehead atoms. The van der Waals surface area contributed by atoms with Crippen LogP contribution in [0.15, 0.2) is 36.4 Å². The van der Waals surface area contributed by atoms with Crippen LogP contribution >= 0.6 is 11.6 Å². The first-order valence-electron chi connectivity index (χ1n) is 8.22. The van der Waals surface area contributed by atoms with Gasteiger partial charge in [-0.25, -0.2) is 9.18 Å². The van der Waals surface area contributed by atoms with Crippen LogP contribution in [0.3, 0.4) is 0 Å². The van der Waals surface area contributed by atoms with Gasteiger partial charge < -0.3 is 19.7 Å². The highest BCUT2D eigenvalue weighted by Gasteiger charge is 2.24. The lowest BCUT2D eigenvalue weighted by atomic mass is 10.00. The lowest BCUT2D eigenvalue weighted by Gasteiger charge is -2.28. The first-order chi connectivity index (χ1) is 12.9. The zero-order chi connectivity index (χ0) is 20.0. The summed E-state index contributed by atoms with van der Waals surface area (Å²) in [5.74, 6) is 0.655. The highest BCUT2D eigenvalue weighted by Crippen LogP contribution is 2.31. The van der Waals surface area contributed by atoms with Gasteiger partial charge in [0, 0.05) is 12.1 Å². The van der Waals surface area contributed by atoms with Crippen molar-refractivity contribution >= 4 is 17.7 Å². The molecule has 2 aromatic rings. The topological polar surface area (TPSA) is 79.2 Å². The van der Waals surface area contributed by atoms with E-state index in [1.807, 2.05) is 0 Å². The van der Waals surface area contributed by atoms with E-state index in [1.54, 1.807) is 38.3 Å². The molecule has 1 amide bonds. The Balaban J connectivity index is 2.30. The number of hydrogen-bond donors (Lipinski definition) is 2. The van der Waals surface area contributed by atoms with E-state index in [4.69, 9.17) is 26.2 Å². The molecule has 0 fully saturated rings. The summed E-state index contributed by atoms with van der Waals surface area (Å²) in [6.45, 7) is 1.17. The molecule has 0 saturated carbocycles. The Morgan fingerprint density at radius 2 is 1.89 bits per heavy atom. The van der Waals surface area contributed by atoms with E-state index in [0.717, 1.165) is 11.0 Å². The first kappa shape index (κ1) is 20.8. The fourth-order valence-electron chi connectivity index (χ4n) is 2.71. The summed E-state index contributed by atoms with van der Waals surface area (Å²) in [7, 11) is 1.56. The van der Waals surface area contributed by atoms with Gasteiger partial charge in [-0.05, 0) is 48.9 Å². The highest BCUT2D eigenvalue weighted by molar-refractivity contribution is 6.31. The quantitative estimate of drug-likeness (QED) is 0.701. The standard InChI is InChI=1S/C19H21ClFNO5/c1-12(22(7-8-23)19(24)25)16-9-13(21)10-18(20)17(16)11-27-15-5-3-14(26-2)4-6-15/h3-6,9-10,12,23H,7-8,11H2,1-2H3,(H,24,25). The number of halogens is 2. The van der Waals surface area contributed by atoms with Gasteiger partial charge in [0.2, 0.25) is 0 Å². The zero-order valence-corrected chi connectivity index (χ0v) is 15.7. The maximum absolute atomic E-state index is 13.9. The van der Waals surface area contributed by atoms with E-state index < -0.39 is 18.0 Å². The molecular weight excluding hydrogens is 377 g/mol. The van der Waals surface area contributed by atoms with E-state index >= 15 is 0 Å². The van der Waals surface area contributed by atoms with Gasteiger partial charge in [-0.3, -0.25) is 4.90 Å². The number of carboxylic acid groups (broad SMARTS) is 1. The minimum atomic E-state index is -1.22. The van der Waals surface area contributed by atoms with Crippen LogP contribution < -0.4 is 9.47 Å². The van der Waals surface area contributed by atoms with Gasteiger partial charge in [0.05, 0.1) is 24.8 Å². The lowest BCUT2D eigenvalue weighted by molar-refractivity contribution is 0.113. The van der Waals surface area contributed by atoms with Gasteiger partial charge in [0.15, 0.2) is 0 Å². The molecule has 1 unspecified atom stereocenters. The Labute approximate surface area is 161 Å². The van der Waals surface area contributed by atoms with E-state index in [2.05, 4.69) is 0 Å². The van der Waals surface area contributed by atoms with Crippen molar-refractivity contribution in [2.75, 3.05) is 20.3 Å². The molecule has 0 radical (unpaired) electrons. The largest absolute Gasteiger partial charge is 0.497 e. The van der Waals surface area contributed by atoms with Crippen molar-refractivity contribution in [3.63, 3.8) is 0 Å². The predicted molar refractivity (Wildman–Crippen MR) is 99.0 cm³/mol. The van der Waals surface area contributed by atoms with E-state index in [9.17, 15) is 14.3 Å². The number of aliphatic hydroxyl groups excluding tert-OH is 1. The maximum Gasteiger partial charge on any atom is 0.407 e. The average molecular weight is 398 g/mol. The summed E-state index contributed by atoms with van der Waals surface area (Å²) in [5.41, 5.74) is 0.856. The number of methoxy groups -OCH3 is 1. The fraction of sp³-hybridized carbons (Fsp3) is 0.316. The van der Waals surface area contributed by atoms with Crippen LogP contribution in [0.1, 0.15) is 24.1 Å². The van der Waals surface area contributed by atoms with Gasteiger partial charge in [-0.15, -0.1) is 0 Å². The highest BCUT2D eigenvalue weighted by atomic mass is 35.5. The number of aliphatic hydroxyl groups is 1. The van der Waals surface area contributed by atoms with Gasteiger partial charge in [-0.2, -0.15) is 0 Å². The molecule has 1 atom stereocenters. The van der Waals surface area contributed by atoms with E-state index in [0.29, 0.717) is 22.6 Å². The molecule has 146 valence electrons. The van der Waals surface area contributed by atoms with Gasteiger partial charge in [-0.1, -0.05) is 11.6 Å². The Bertz CT molecular complexity index is 784. The summed E-state index contributed by atoms with van der Waals surface area (Å²) in [6.07, 6.45) is -1.22. The summed E-state index contributed by atoms with van der Waals surface area (Å²) < 4.78 is 24.7. The summed E-state index contributed by atoms with van der Waals surface area (Å²) in [5, 5.41) is 18.6. The molecule has 2 aromatic carbocycles. The minimum absolute atomic E-state index is 0.0255. The average Bonchev–Trinajstić information content (AvgIpc) is 2.64. The third kappa shape index (κ3) is 5.24. The van der Waals surface area contributed by atoms with Crippen molar-refractivity contribution in [3.05, 3.63) is 58.4 Å². The molecule has 27 heavy (non-hydrogen) atoms. The number of hydrogen-bond acceptors (Lipinski definition) is 4.